The van der Waals surface area contributed by atoms with Crippen LogP contribution in [0.3, 0.4) is 0 Å². The summed E-state index contributed by atoms with van der Waals surface area (Å²) in [4.78, 5) is 39.2. The number of carbonyl (C=O) groups is 1. The van der Waals surface area contributed by atoms with E-state index in [1.165, 1.54) is 53.6 Å². The predicted octanol–water partition coefficient (Wildman–Crippen LogP) is 2.27. The fraction of sp³-hybridized carbons (Fsp3) is 0. The monoisotopic (exact) mass is 402 g/mol. The van der Waals surface area contributed by atoms with E-state index in [4.69, 9.17) is 0 Å². The number of non-ortho nitro benzene ring substituents is 1. The lowest BCUT2D eigenvalue weighted by atomic mass is 10.2. The topological polar surface area (TPSA) is 125 Å². The summed E-state index contributed by atoms with van der Waals surface area (Å²) in [5.74, 6) is -0.563. The average Bonchev–Trinajstić information content (AvgIpc) is 3.20. The summed E-state index contributed by atoms with van der Waals surface area (Å²) in [7, 11) is 0. The Morgan fingerprint density at radius 1 is 1.10 bits per heavy atom. The first-order valence-corrected chi connectivity index (χ1v) is 8.77. The second kappa shape index (κ2) is 7.80. The number of nitro groups is 1. The number of fused-ring (bicyclic) bond motifs is 1. The maximum absolute atomic E-state index is 12.7. The summed E-state index contributed by atoms with van der Waals surface area (Å²) < 4.78 is 2.51. The summed E-state index contributed by atoms with van der Waals surface area (Å²) >= 11 is 0. The van der Waals surface area contributed by atoms with Gasteiger partial charge in [0.1, 0.15) is 11.7 Å². The lowest BCUT2D eigenvalue weighted by molar-refractivity contribution is -0.384. The molecule has 2 aromatic heterocycles. The number of amides is 1. The molecule has 1 N–H and O–H groups in total. The number of hydrogen-bond acceptors (Lipinski definition) is 6. The molecule has 4 aromatic rings. The molecule has 10 heteroatoms. The molecule has 4 rings (SSSR count). The molecule has 0 unspecified atom stereocenters. The van der Waals surface area contributed by atoms with E-state index in [1.807, 2.05) is 30.3 Å². The Kier molecular flexibility index (Phi) is 4.87. The summed E-state index contributed by atoms with van der Waals surface area (Å²) in [5, 5.41) is 15.1. The first-order chi connectivity index (χ1) is 14.5. The number of nitrogens with one attached hydrogen (secondary N) is 1. The molecule has 0 radical (unpaired) electrons. The normalized spacial score (nSPS) is 11.1. The van der Waals surface area contributed by atoms with Crippen LogP contribution < -0.4 is 11.0 Å². The van der Waals surface area contributed by atoms with Crippen LogP contribution in [0.15, 0.2) is 78.0 Å². The molecule has 2 heterocycles. The van der Waals surface area contributed by atoms with E-state index in [2.05, 4.69) is 15.5 Å². The van der Waals surface area contributed by atoms with Crippen LogP contribution in [0.4, 0.5) is 5.69 Å². The number of benzene rings is 2. The van der Waals surface area contributed by atoms with Gasteiger partial charge in [0, 0.05) is 18.2 Å². The van der Waals surface area contributed by atoms with Gasteiger partial charge in [0.2, 0.25) is 0 Å². The van der Waals surface area contributed by atoms with Crippen molar-refractivity contribution in [3.8, 4) is 5.69 Å². The molecule has 0 aliphatic carbocycles. The number of nitrogens with zero attached hydrogens (tertiary/aromatic N) is 5. The standard InChI is InChI=1S/C20H14N6O4/c27-18(11-8-14-6-9-16(10-7-14)26(29)30)23-24-13-21-19-17(20(24)28)12-22-25(19)15-4-2-1-3-5-15/h1-13H,(H,23,27). The third kappa shape index (κ3) is 3.69. The lowest BCUT2D eigenvalue weighted by Crippen LogP contribution is -2.32. The van der Waals surface area contributed by atoms with Crippen LogP contribution in [0.5, 0.6) is 0 Å². The van der Waals surface area contributed by atoms with Crippen molar-refractivity contribution in [1.82, 2.24) is 19.4 Å². The number of carbonyl (C=O) groups excluding carboxylic acids is 1. The highest BCUT2D eigenvalue weighted by Crippen LogP contribution is 2.14. The third-order valence-electron chi connectivity index (χ3n) is 4.25. The number of hydrogen-bond donors (Lipinski definition) is 1. The Balaban J connectivity index is 1.54. The van der Waals surface area contributed by atoms with E-state index < -0.39 is 16.4 Å². The van der Waals surface area contributed by atoms with Gasteiger partial charge in [0.05, 0.1) is 16.8 Å². The van der Waals surface area contributed by atoms with E-state index in [-0.39, 0.29) is 11.1 Å². The Morgan fingerprint density at radius 2 is 1.83 bits per heavy atom. The molecular weight excluding hydrogens is 388 g/mol. The van der Waals surface area contributed by atoms with E-state index in [9.17, 15) is 19.7 Å². The molecule has 148 valence electrons. The molecule has 0 aliphatic heterocycles. The van der Waals surface area contributed by atoms with Gasteiger partial charge in [0.15, 0.2) is 5.65 Å². The fourth-order valence-corrected chi connectivity index (χ4v) is 2.78. The quantitative estimate of drug-likeness (QED) is 0.310. The zero-order valence-electron chi connectivity index (χ0n) is 15.4. The van der Waals surface area contributed by atoms with Gasteiger partial charge in [-0.3, -0.25) is 25.1 Å². The molecule has 1 amide bonds. The predicted molar refractivity (Wildman–Crippen MR) is 110 cm³/mol. The Morgan fingerprint density at radius 3 is 2.53 bits per heavy atom. The second-order valence-electron chi connectivity index (χ2n) is 6.21. The van der Waals surface area contributed by atoms with Crippen LogP contribution >= 0.6 is 0 Å². The average molecular weight is 402 g/mol. The maximum Gasteiger partial charge on any atom is 0.283 e. The largest absolute Gasteiger partial charge is 0.283 e. The molecule has 0 spiro atoms. The van der Waals surface area contributed by atoms with E-state index in [0.717, 1.165) is 10.4 Å². The van der Waals surface area contributed by atoms with Gasteiger partial charge >= 0.3 is 0 Å². The van der Waals surface area contributed by atoms with Gasteiger partial charge in [-0.15, -0.1) is 0 Å². The van der Waals surface area contributed by atoms with Crippen LogP contribution in [0.2, 0.25) is 0 Å². The lowest BCUT2D eigenvalue weighted by Gasteiger charge is -2.06. The van der Waals surface area contributed by atoms with Crippen molar-refractivity contribution < 1.29 is 9.72 Å². The van der Waals surface area contributed by atoms with Gasteiger partial charge < -0.3 is 0 Å². The molecule has 0 bridgehead atoms. The van der Waals surface area contributed by atoms with Gasteiger partial charge in [-0.1, -0.05) is 18.2 Å². The van der Waals surface area contributed by atoms with Crippen molar-refractivity contribution in [2.75, 3.05) is 5.43 Å². The second-order valence-corrected chi connectivity index (χ2v) is 6.21. The molecule has 0 aliphatic rings. The minimum atomic E-state index is -0.563. The van der Waals surface area contributed by atoms with Crippen molar-refractivity contribution in [1.29, 1.82) is 0 Å². The van der Waals surface area contributed by atoms with Gasteiger partial charge in [-0.05, 0) is 35.9 Å². The highest BCUT2D eigenvalue weighted by atomic mass is 16.6. The van der Waals surface area contributed by atoms with E-state index in [0.29, 0.717) is 11.2 Å². The zero-order chi connectivity index (χ0) is 21.1. The van der Waals surface area contributed by atoms with Gasteiger partial charge in [-0.25, -0.2) is 14.3 Å². The molecule has 0 saturated heterocycles. The molecule has 0 atom stereocenters. The van der Waals surface area contributed by atoms with E-state index in [1.54, 1.807) is 0 Å². The Bertz CT molecular complexity index is 1320. The molecule has 2 aromatic carbocycles. The van der Waals surface area contributed by atoms with Crippen molar-refractivity contribution in [2.24, 2.45) is 0 Å². The van der Waals surface area contributed by atoms with Crippen molar-refractivity contribution in [3.63, 3.8) is 0 Å². The first kappa shape index (κ1) is 18.7. The van der Waals surface area contributed by atoms with Crippen LogP contribution in [0, 0.1) is 10.1 Å². The number of aromatic nitrogens is 4. The molecule has 30 heavy (non-hydrogen) atoms. The summed E-state index contributed by atoms with van der Waals surface area (Å²) in [6, 6.07) is 14.9. The van der Waals surface area contributed by atoms with Gasteiger partial charge in [-0.2, -0.15) is 5.10 Å². The van der Waals surface area contributed by atoms with Gasteiger partial charge in [0.25, 0.3) is 17.2 Å². The number of nitro benzene ring substituents is 1. The SMILES string of the molecule is O=C(C=Cc1ccc([N+](=O)[O-])cc1)Nn1cnc2c(cnn2-c2ccccc2)c1=O. The zero-order valence-corrected chi connectivity index (χ0v) is 15.4. The Hall–Kier alpha value is -4.60. The molecule has 0 saturated carbocycles. The number of rotatable bonds is 5. The summed E-state index contributed by atoms with van der Waals surface area (Å²) in [6.45, 7) is 0. The Labute approximate surface area is 168 Å². The number of para-hydroxylation sites is 1. The van der Waals surface area contributed by atoms with Crippen molar-refractivity contribution in [3.05, 3.63) is 99.2 Å². The van der Waals surface area contributed by atoms with Crippen LogP contribution in [0.1, 0.15) is 5.56 Å². The summed E-state index contributed by atoms with van der Waals surface area (Å²) in [5.41, 5.74) is 3.63. The maximum atomic E-state index is 12.7. The highest BCUT2D eigenvalue weighted by Gasteiger charge is 2.12. The highest BCUT2D eigenvalue weighted by molar-refractivity contribution is 5.97. The third-order valence-corrected chi connectivity index (χ3v) is 4.25. The first-order valence-electron chi connectivity index (χ1n) is 8.77. The smallest absolute Gasteiger partial charge is 0.268 e. The van der Waals surface area contributed by atoms with Crippen LogP contribution in [-0.2, 0) is 4.79 Å². The summed E-state index contributed by atoms with van der Waals surface area (Å²) in [6.07, 6.45) is 5.30. The molecule has 0 fully saturated rings. The van der Waals surface area contributed by atoms with Crippen molar-refractivity contribution in [2.45, 2.75) is 0 Å². The van der Waals surface area contributed by atoms with E-state index >= 15 is 0 Å². The molecule has 10 nitrogen and oxygen atoms in total. The van der Waals surface area contributed by atoms with Crippen LogP contribution in [0.25, 0.3) is 22.8 Å². The molecular formula is C20H14N6O4. The van der Waals surface area contributed by atoms with Crippen LogP contribution in [-0.4, -0.2) is 30.3 Å². The minimum absolute atomic E-state index is 0.0430. The fourth-order valence-electron chi connectivity index (χ4n) is 2.78. The van der Waals surface area contributed by atoms with Crippen molar-refractivity contribution >= 4 is 28.7 Å². The minimum Gasteiger partial charge on any atom is -0.268 e.